The molecule has 0 saturated heterocycles. The van der Waals surface area contributed by atoms with Gasteiger partial charge in [0.25, 0.3) is 0 Å². The third-order valence-electron chi connectivity index (χ3n) is 2.05. The zero-order valence-electron chi connectivity index (χ0n) is 9.36. The van der Waals surface area contributed by atoms with Crippen molar-refractivity contribution in [1.29, 1.82) is 0 Å². The van der Waals surface area contributed by atoms with Gasteiger partial charge in [-0.1, -0.05) is 56.2 Å². The van der Waals surface area contributed by atoms with Crippen molar-refractivity contribution in [1.82, 2.24) is 0 Å². The van der Waals surface area contributed by atoms with E-state index in [1.165, 1.54) is 0 Å². The molecule has 0 aliphatic carbocycles. The molecule has 0 saturated carbocycles. The smallest absolute Gasteiger partial charge is 0.120 e. The number of rotatable bonds is 6. The summed E-state index contributed by atoms with van der Waals surface area (Å²) in [5, 5.41) is 0. The van der Waals surface area contributed by atoms with Gasteiger partial charge in [-0.05, 0) is 23.3 Å². The average molecular weight is 212 g/mol. The van der Waals surface area contributed by atoms with Crippen molar-refractivity contribution in [3.8, 4) is 5.75 Å². The summed E-state index contributed by atoms with van der Waals surface area (Å²) >= 11 is 0. The molecule has 0 heterocycles. The summed E-state index contributed by atoms with van der Waals surface area (Å²) in [5.74, 6) is 0.828. The standard InChI is InChI=1S/C15H16O/c1-4-8-13(6-3)14-9-7-10-15(12-14)16-11-5-2/h4-10,12H,1-3,11H2/b13-8+. The van der Waals surface area contributed by atoms with E-state index in [1.54, 1.807) is 18.2 Å². The molecule has 0 aromatic heterocycles. The molecule has 0 atom stereocenters. The van der Waals surface area contributed by atoms with E-state index in [9.17, 15) is 0 Å². The van der Waals surface area contributed by atoms with Crippen LogP contribution in [0.4, 0.5) is 0 Å². The van der Waals surface area contributed by atoms with Crippen molar-refractivity contribution >= 4 is 5.57 Å². The minimum absolute atomic E-state index is 0.512. The molecule has 1 aromatic carbocycles. The van der Waals surface area contributed by atoms with Gasteiger partial charge in [0, 0.05) is 0 Å². The molecular formula is C15H16O. The van der Waals surface area contributed by atoms with E-state index in [0.29, 0.717) is 6.61 Å². The first-order valence-corrected chi connectivity index (χ1v) is 5.11. The first-order chi connectivity index (χ1) is 7.81. The lowest BCUT2D eigenvalue weighted by molar-refractivity contribution is 0.363. The Morgan fingerprint density at radius 2 is 2.06 bits per heavy atom. The van der Waals surface area contributed by atoms with E-state index < -0.39 is 0 Å². The molecule has 0 fully saturated rings. The third kappa shape index (κ3) is 3.28. The highest BCUT2D eigenvalue weighted by Gasteiger charge is 1.98. The quantitative estimate of drug-likeness (QED) is 0.511. The van der Waals surface area contributed by atoms with Crippen LogP contribution in [-0.4, -0.2) is 6.61 Å². The summed E-state index contributed by atoms with van der Waals surface area (Å²) in [7, 11) is 0. The molecule has 1 rings (SSSR count). The van der Waals surface area contributed by atoms with Gasteiger partial charge in [-0.2, -0.15) is 0 Å². The molecule has 0 bridgehead atoms. The van der Waals surface area contributed by atoms with Crippen LogP contribution in [0.15, 0.2) is 68.3 Å². The van der Waals surface area contributed by atoms with Crippen LogP contribution >= 0.6 is 0 Å². The van der Waals surface area contributed by atoms with Crippen LogP contribution in [0.2, 0.25) is 0 Å². The lowest BCUT2D eigenvalue weighted by Gasteiger charge is -2.06. The van der Waals surface area contributed by atoms with E-state index in [4.69, 9.17) is 4.74 Å². The Bertz CT molecular complexity index is 413. The molecule has 0 aliphatic rings. The third-order valence-corrected chi connectivity index (χ3v) is 2.05. The maximum Gasteiger partial charge on any atom is 0.120 e. The van der Waals surface area contributed by atoms with E-state index >= 15 is 0 Å². The summed E-state index contributed by atoms with van der Waals surface area (Å²) in [5.41, 5.74) is 2.09. The van der Waals surface area contributed by atoms with Gasteiger partial charge >= 0.3 is 0 Å². The van der Waals surface area contributed by atoms with Gasteiger partial charge in [0.2, 0.25) is 0 Å². The summed E-state index contributed by atoms with van der Waals surface area (Å²) in [6.45, 7) is 11.6. The van der Waals surface area contributed by atoms with Crippen molar-refractivity contribution in [3.63, 3.8) is 0 Å². The Hall–Kier alpha value is -2.02. The Balaban J connectivity index is 2.96. The Morgan fingerprint density at radius 3 is 2.69 bits per heavy atom. The van der Waals surface area contributed by atoms with Gasteiger partial charge in [-0.25, -0.2) is 0 Å². The van der Waals surface area contributed by atoms with Crippen molar-refractivity contribution in [2.45, 2.75) is 0 Å². The minimum Gasteiger partial charge on any atom is -0.490 e. The van der Waals surface area contributed by atoms with Gasteiger partial charge in [0.05, 0.1) is 0 Å². The predicted octanol–water partition coefficient (Wildman–Crippen LogP) is 4.01. The summed E-state index contributed by atoms with van der Waals surface area (Å²) in [4.78, 5) is 0. The number of ether oxygens (including phenoxy) is 1. The number of benzene rings is 1. The van der Waals surface area contributed by atoms with Crippen LogP contribution in [0.25, 0.3) is 5.57 Å². The van der Waals surface area contributed by atoms with E-state index in [2.05, 4.69) is 19.7 Å². The predicted molar refractivity (Wildman–Crippen MR) is 70.5 cm³/mol. The lowest BCUT2D eigenvalue weighted by atomic mass is 10.1. The van der Waals surface area contributed by atoms with Crippen LogP contribution in [0.5, 0.6) is 5.75 Å². The summed E-state index contributed by atoms with van der Waals surface area (Å²) < 4.78 is 5.46. The van der Waals surface area contributed by atoms with Gasteiger partial charge < -0.3 is 4.74 Å². The molecule has 1 heteroatoms. The number of hydrogen-bond acceptors (Lipinski definition) is 1. The molecule has 16 heavy (non-hydrogen) atoms. The highest BCUT2D eigenvalue weighted by Crippen LogP contribution is 2.21. The average Bonchev–Trinajstić information content (AvgIpc) is 2.33. The van der Waals surface area contributed by atoms with E-state index in [1.807, 2.05) is 30.3 Å². The van der Waals surface area contributed by atoms with Crippen molar-refractivity contribution in [2.24, 2.45) is 0 Å². The zero-order valence-corrected chi connectivity index (χ0v) is 9.36. The Kier molecular flexibility index (Phi) is 4.87. The normalized spacial score (nSPS) is 10.6. The molecule has 1 nitrogen and oxygen atoms in total. The topological polar surface area (TPSA) is 9.23 Å². The molecule has 0 spiro atoms. The highest BCUT2D eigenvalue weighted by molar-refractivity contribution is 5.75. The maximum absolute atomic E-state index is 5.46. The zero-order chi connectivity index (χ0) is 11.8. The maximum atomic E-state index is 5.46. The molecule has 0 aliphatic heterocycles. The second-order valence-corrected chi connectivity index (χ2v) is 3.19. The van der Waals surface area contributed by atoms with Gasteiger partial charge in [-0.15, -0.1) is 0 Å². The molecular weight excluding hydrogens is 196 g/mol. The number of allylic oxidation sites excluding steroid dienone is 4. The largest absolute Gasteiger partial charge is 0.490 e. The molecule has 0 unspecified atom stereocenters. The van der Waals surface area contributed by atoms with Gasteiger partial charge in [0.15, 0.2) is 0 Å². The first kappa shape index (κ1) is 12.1. The summed E-state index contributed by atoms with van der Waals surface area (Å²) in [6, 6.07) is 7.86. The van der Waals surface area contributed by atoms with Gasteiger partial charge in [-0.3, -0.25) is 0 Å². The van der Waals surface area contributed by atoms with Crippen LogP contribution in [0.3, 0.4) is 0 Å². The van der Waals surface area contributed by atoms with Gasteiger partial charge in [0.1, 0.15) is 12.4 Å². The molecule has 0 radical (unpaired) electrons. The van der Waals surface area contributed by atoms with Crippen molar-refractivity contribution in [2.75, 3.05) is 6.61 Å². The first-order valence-electron chi connectivity index (χ1n) is 5.11. The lowest BCUT2D eigenvalue weighted by Crippen LogP contribution is -1.93. The van der Waals surface area contributed by atoms with E-state index in [-0.39, 0.29) is 0 Å². The molecule has 1 aromatic rings. The minimum atomic E-state index is 0.512. The van der Waals surface area contributed by atoms with Crippen molar-refractivity contribution in [3.05, 3.63) is 73.9 Å². The molecule has 0 amide bonds. The fraction of sp³-hybridized carbons (Fsp3) is 0.0667. The number of hydrogen-bond donors (Lipinski definition) is 0. The molecule has 0 N–H and O–H groups in total. The Morgan fingerprint density at radius 1 is 1.25 bits per heavy atom. The molecule has 82 valence electrons. The van der Waals surface area contributed by atoms with E-state index in [0.717, 1.165) is 16.9 Å². The van der Waals surface area contributed by atoms with Crippen LogP contribution < -0.4 is 4.74 Å². The Labute approximate surface area is 97.1 Å². The highest BCUT2D eigenvalue weighted by atomic mass is 16.5. The summed E-state index contributed by atoms with van der Waals surface area (Å²) in [6.07, 6.45) is 7.18. The van der Waals surface area contributed by atoms with Crippen LogP contribution in [0, 0.1) is 0 Å². The SMILES string of the molecule is C=C/C=C(\C=C)c1cccc(OCC=C)c1. The van der Waals surface area contributed by atoms with Crippen LogP contribution in [0.1, 0.15) is 5.56 Å². The second kappa shape index (κ2) is 6.46. The van der Waals surface area contributed by atoms with Crippen molar-refractivity contribution < 1.29 is 4.74 Å². The fourth-order valence-electron chi connectivity index (χ4n) is 1.33. The van der Waals surface area contributed by atoms with Crippen LogP contribution in [-0.2, 0) is 0 Å². The fourth-order valence-corrected chi connectivity index (χ4v) is 1.33. The monoisotopic (exact) mass is 212 g/mol. The second-order valence-electron chi connectivity index (χ2n) is 3.19.